The van der Waals surface area contributed by atoms with E-state index in [1.54, 1.807) is 34.1 Å². The van der Waals surface area contributed by atoms with Crippen molar-refractivity contribution in [3.05, 3.63) is 30.5 Å². The van der Waals surface area contributed by atoms with Gasteiger partial charge >= 0.3 is 0 Å². The third-order valence-electron chi connectivity index (χ3n) is 6.39. The van der Waals surface area contributed by atoms with Gasteiger partial charge < -0.3 is 18.8 Å². The summed E-state index contributed by atoms with van der Waals surface area (Å²) < 4.78 is 41.6. The number of rotatable bonds is 3. The van der Waals surface area contributed by atoms with Gasteiger partial charge in [-0.25, -0.2) is 13.4 Å². The zero-order valence-corrected chi connectivity index (χ0v) is 18.2. The lowest BCUT2D eigenvalue weighted by Gasteiger charge is -2.47. The standard InChI is InChI=1S/C20H27N5O5S/c26-19(17-13-23-7-6-21-12-18(23)22-17)24-8-10-29-20(14-24)15-25(9-11-30-20)31(27,28)16-4-2-1-3-5-16/h6-7,12-13,16H,1-5,8-11,14-15H2. The van der Waals surface area contributed by atoms with Gasteiger partial charge in [-0.3, -0.25) is 9.78 Å². The van der Waals surface area contributed by atoms with Crippen molar-refractivity contribution in [2.45, 2.75) is 43.1 Å². The molecule has 1 unspecified atom stereocenters. The lowest BCUT2D eigenvalue weighted by Crippen LogP contribution is -2.64. The van der Waals surface area contributed by atoms with Gasteiger partial charge in [0.05, 0.1) is 37.8 Å². The van der Waals surface area contributed by atoms with Crippen molar-refractivity contribution in [2.24, 2.45) is 0 Å². The maximum absolute atomic E-state index is 13.2. The summed E-state index contributed by atoms with van der Waals surface area (Å²) in [6.07, 6.45) is 11.0. The van der Waals surface area contributed by atoms with Crippen LogP contribution in [-0.4, -0.2) is 88.3 Å². The molecule has 4 heterocycles. The Morgan fingerprint density at radius 2 is 1.87 bits per heavy atom. The van der Waals surface area contributed by atoms with E-state index >= 15 is 0 Å². The summed E-state index contributed by atoms with van der Waals surface area (Å²) in [5, 5.41) is -0.329. The van der Waals surface area contributed by atoms with Crippen LogP contribution in [0.3, 0.4) is 0 Å². The van der Waals surface area contributed by atoms with Crippen LogP contribution in [-0.2, 0) is 19.5 Å². The first-order valence-corrected chi connectivity index (χ1v) is 12.3. The van der Waals surface area contributed by atoms with Gasteiger partial charge in [0.1, 0.15) is 5.69 Å². The summed E-state index contributed by atoms with van der Waals surface area (Å²) in [5.41, 5.74) is 0.903. The van der Waals surface area contributed by atoms with Crippen LogP contribution in [0.15, 0.2) is 24.8 Å². The number of carbonyl (C=O) groups is 1. The Balaban J connectivity index is 1.33. The maximum atomic E-state index is 13.2. The van der Waals surface area contributed by atoms with Gasteiger partial charge in [0.2, 0.25) is 10.0 Å². The van der Waals surface area contributed by atoms with Crippen LogP contribution in [0, 0.1) is 0 Å². The van der Waals surface area contributed by atoms with Gasteiger partial charge in [-0.2, -0.15) is 4.31 Å². The van der Waals surface area contributed by atoms with E-state index in [2.05, 4.69) is 9.97 Å². The van der Waals surface area contributed by atoms with Gasteiger partial charge in [-0.1, -0.05) is 19.3 Å². The first kappa shape index (κ1) is 20.8. The quantitative estimate of drug-likeness (QED) is 0.685. The maximum Gasteiger partial charge on any atom is 0.274 e. The normalized spacial score (nSPS) is 26.5. The Bertz CT molecular complexity index is 1030. The van der Waals surface area contributed by atoms with E-state index < -0.39 is 15.8 Å². The Kier molecular flexibility index (Phi) is 5.45. The van der Waals surface area contributed by atoms with Crippen LogP contribution in [0.2, 0.25) is 0 Å². The number of hydrogen-bond acceptors (Lipinski definition) is 7. The predicted molar refractivity (Wildman–Crippen MR) is 111 cm³/mol. The molecule has 0 radical (unpaired) electrons. The molecule has 1 saturated carbocycles. The fraction of sp³-hybridized carbons (Fsp3) is 0.650. The zero-order valence-electron chi connectivity index (χ0n) is 17.4. The van der Waals surface area contributed by atoms with Gasteiger partial charge in [-0.15, -0.1) is 0 Å². The van der Waals surface area contributed by atoms with Crippen LogP contribution in [0.1, 0.15) is 42.6 Å². The van der Waals surface area contributed by atoms with E-state index in [0.29, 0.717) is 37.3 Å². The number of ether oxygens (including phenoxy) is 2. The second-order valence-corrected chi connectivity index (χ2v) is 10.7. The molecule has 1 atom stereocenters. The number of aromatic nitrogens is 3. The highest BCUT2D eigenvalue weighted by atomic mass is 32.2. The monoisotopic (exact) mass is 449 g/mol. The number of nitrogens with zero attached hydrogens (tertiary/aromatic N) is 5. The second kappa shape index (κ2) is 8.12. The molecule has 1 spiro atoms. The molecule has 2 aliphatic heterocycles. The molecule has 31 heavy (non-hydrogen) atoms. The molecular weight excluding hydrogens is 422 g/mol. The lowest BCUT2D eigenvalue weighted by molar-refractivity contribution is -0.279. The third kappa shape index (κ3) is 3.95. The minimum Gasteiger partial charge on any atom is -0.346 e. The van der Waals surface area contributed by atoms with Crippen molar-refractivity contribution in [3.8, 4) is 0 Å². The topological polar surface area (TPSA) is 106 Å². The first-order chi connectivity index (χ1) is 15.0. The Labute approximate surface area is 181 Å². The zero-order chi connectivity index (χ0) is 21.5. The van der Waals surface area contributed by atoms with Gasteiger partial charge in [0, 0.05) is 31.7 Å². The van der Waals surface area contributed by atoms with E-state index in [1.165, 1.54) is 4.31 Å². The lowest BCUT2D eigenvalue weighted by atomic mass is 10.0. The van der Waals surface area contributed by atoms with Gasteiger partial charge in [0.15, 0.2) is 11.4 Å². The minimum absolute atomic E-state index is 0.102. The van der Waals surface area contributed by atoms with Crippen molar-refractivity contribution < 1.29 is 22.7 Å². The number of sulfonamides is 1. The van der Waals surface area contributed by atoms with Gasteiger partial charge in [0.25, 0.3) is 5.91 Å². The second-order valence-electron chi connectivity index (χ2n) is 8.44. The van der Waals surface area contributed by atoms with E-state index in [-0.39, 0.29) is 37.5 Å². The Morgan fingerprint density at radius 3 is 2.65 bits per heavy atom. The molecule has 0 N–H and O–H groups in total. The van der Waals surface area contributed by atoms with Crippen molar-refractivity contribution in [3.63, 3.8) is 0 Å². The van der Waals surface area contributed by atoms with Crippen molar-refractivity contribution in [1.82, 2.24) is 23.6 Å². The van der Waals surface area contributed by atoms with Gasteiger partial charge in [-0.05, 0) is 12.8 Å². The molecule has 0 aromatic carbocycles. The number of amides is 1. The molecule has 2 saturated heterocycles. The van der Waals surface area contributed by atoms with Crippen LogP contribution < -0.4 is 0 Å². The summed E-state index contributed by atoms with van der Waals surface area (Å²) in [7, 11) is -3.42. The summed E-state index contributed by atoms with van der Waals surface area (Å²) in [5.74, 6) is -1.38. The molecule has 10 nitrogen and oxygen atoms in total. The highest BCUT2D eigenvalue weighted by molar-refractivity contribution is 7.89. The summed E-state index contributed by atoms with van der Waals surface area (Å²) >= 11 is 0. The number of morpholine rings is 2. The smallest absolute Gasteiger partial charge is 0.274 e. The van der Waals surface area contributed by atoms with Crippen molar-refractivity contribution in [1.29, 1.82) is 0 Å². The predicted octanol–water partition coefficient (Wildman–Crippen LogP) is 0.893. The average molecular weight is 450 g/mol. The van der Waals surface area contributed by atoms with Crippen molar-refractivity contribution in [2.75, 3.05) is 39.4 Å². The van der Waals surface area contributed by atoms with E-state index in [4.69, 9.17) is 9.47 Å². The van der Waals surface area contributed by atoms with Crippen LogP contribution in [0.4, 0.5) is 0 Å². The van der Waals surface area contributed by atoms with Crippen LogP contribution in [0.5, 0.6) is 0 Å². The summed E-state index contributed by atoms with van der Waals surface area (Å²) in [4.78, 5) is 23.1. The number of hydrogen-bond donors (Lipinski definition) is 0. The molecule has 1 amide bonds. The number of fused-ring (bicyclic) bond motifs is 1. The Hall–Kier alpha value is -2.08. The summed E-state index contributed by atoms with van der Waals surface area (Å²) in [6.45, 7) is 1.49. The SMILES string of the molecule is O=C(c1cn2ccncc2n1)N1CCOC2(C1)CN(S(=O)(=O)C1CCCCC1)CCO2. The molecule has 5 rings (SSSR count). The fourth-order valence-electron chi connectivity index (χ4n) is 4.74. The molecule has 3 fully saturated rings. The fourth-order valence-corrected chi connectivity index (χ4v) is 6.80. The van der Waals surface area contributed by atoms with Crippen LogP contribution in [0.25, 0.3) is 5.65 Å². The van der Waals surface area contributed by atoms with E-state index in [0.717, 1.165) is 19.3 Å². The molecule has 3 aliphatic rings. The molecule has 2 aromatic heterocycles. The van der Waals surface area contributed by atoms with Crippen molar-refractivity contribution >= 4 is 21.6 Å². The molecule has 0 bridgehead atoms. The Morgan fingerprint density at radius 1 is 1.10 bits per heavy atom. The van der Waals surface area contributed by atoms with Crippen LogP contribution >= 0.6 is 0 Å². The molecular formula is C20H27N5O5S. The molecule has 11 heteroatoms. The largest absolute Gasteiger partial charge is 0.346 e. The average Bonchev–Trinajstić information content (AvgIpc) is 3.23. The van der Waals surface area contributed by atoms with E-state index in [1.807, 2.05) is 0 Å². The third-order valence-corrected chi connectivity index (χ3v) is 8.73. The molecule has 1 aliphatic carbocycles. The molecule has 2 aromatic rings. The molecule has 168 valence electrons. The minimum atomic E-state index is -3.42. The van der Waals surface area contributed by atoms with E-state index in [9.17, 15) is 13.2 Å². The first-order valence-electron chi connectivity index (χ1n) is 10.8. The number of imidazole rings is 1. The highest BCUT2D eigenvalue weighted by Gasteiger charge is 2.47. The highest BCUT2D eigenvalue weighted by Crippen LogP contribution is 2.31. The summed E-state index contributed by atoms with van der Waals surface area (Å²) in [6, 6.07) is 0. The number of carbonyl (C=O) groups excluding carboxylic acids is 1.